The molecule has 1 saturated heterocycles. The largest absolute Gasteiger partial charge is 0.481 e. The quantitative estimate of drug-likeness (QED) is 0.610. The lowest BCUT2D eigenvalue weighted by atomic mass is 9.85. The molecule has 0 spiro atoms. The van der Waals surface area contributed by atoms with Crippen LogP contribution < -0.4 is 5.32 Å². The Morgan fingerprint density at radius 2 is 1.66 bits per heavy atom. The topological polar surface area (TPSA) is 95.9 Å². The molecule has 2 N–H and O–H groups in total. The van der Waals surface area contributed by atoms with Crippen molar-refractivity contribution >= 4 is 18.0 Å². The zero-order valence-corrected chi connectivity index (χ0v) is 20.6. The summed E-state index contributed by atoms with van der Waals surface area (Å²) >= 11 is 0. The van der Waals surface area contributed by atoms with Crippen molar-refractivity contribution in [2.45, 2.75) is 39.5 Å². The molecule has 1 fully saturated rings. The van der Waals surface area contributed by atoms with Crippen LogP contribution in [0.4, 0.5) is 4.79 Å². The van der Waals surface area contributed by atoms with Gasteiger partial charge in [-0.25, -0.2) is 4.79 Å². The van der Waals surface area contributed by atoms with E-state index in [-0.39, 0.29) is 30.8 Å². The van der Waals surface area contributed by atoms with E-state index in [1.807, 2.05) is 45.0 Å². The van der Waals surface area contributed by atoms with Gasteiger partial charge < -0.3 is 20.1 Å². The van der Waals surface area contributed by atoms with Crippen molar-refractivity contribution < 1.29 is 24.2 Å². The highest BCUT2D eigenvalue weighted by atomic mass is 16.5. The number of amides is 2. The van der Waals surface area contributed by atoms with Crippen LogP contribution in [0, 0.1) is 17.3 Å². The number of nitrogens with one attached hydrogen (secondary N) is 1. The second-order valence-corrected chi connectivity index (χ2v) is 10.6. The number of nitrogens with zero attached hydrogens (tertiary/aromatic N) is 1. The van der Waals surface area contributed by atoms with E-state index in [4.69, 9.17) is 4.74 Å². The minimum absolute atomic E-state index is 0.00143. The Hall–Kier alpha value is -3.35. The van der Waals surface area contributed by atoms with Gasteiger partial charge in [0, 0.05) is 32.0 Å². The number of carboxylic acid groups (broad SMARTS) is 1. The number of ether oxygens (including phenoxy) is 1. The number of likely N-dealkylation sites (tertiary alicyclic amines) is 1. The molecule has 7 heteroatoms. The Kier molecular flexibility index (Phi) is 7.15. The van der Waals surface area contributed by atoms with Crippen molar-refractivity contribution in [3.05, 3.63) is 59.7 Å². The van der Waals surface area contributed by atoms with E-state index < -0.39 is 23.4 Å². The van der Waals surface area contributed by atoms with E-state index in [0.29, 0.717) is 26.1 Å². The molecule has 4 rings (SSSR count). The van der Waals surface area contributed by atoms with Gasteiger partial charge in [0.2, 0.25) is 5.91 Å². The summed E-state index contributed by atoms with van der Waals surface area (Å²) in [6.45, 7) is 7.19. The van der Waals surface area contributed by atoms with E-state index >= 15 is 0 Å². The summed E-state index contributed by atoms with van der Waals surface area (Å²) in [5, 5.41) is 12.1. The molecule has 2 amide bonds. The molecule has 1 heterocycles. The molecular formula is C28H34N2O5. The number of alkyl carbamates (subject to hydrolysis) is 1. The first-order valence-electron chi connectivity index (χ1n) is 12.3. The second-order valence-electron chi connectivity index (χ2n) is 10.6. The van der Waals surface area contributed by atoms with Crippen LogP contribution >= 0.6 is 0 Å². The number of piperidine rings is 1. The first-order valence-corrected chi connectivity index (χ1v) is 12.3. The molecule has 0 aromatic heterocycles. The van der Waals surface area contributed by atoms with Gasteiger partial charge in [-0.05, 0) is 40.0 Å². The van der Waals surface area contributed by atoms with E-state index in [1.165, 1.54) is 11.1 Å². The molecule has 2 unspecified atom stereocenters. The van der Waals surface area contributed by atoms with Gasteiger partial charge in [0.1, 0.15) is 6.61 Å². The lowest BCUT2D eigenvalue weighted by Crippen LogP contribution is -2.47. The molecular weight excluding hydrogens is 444 g/mol. The lowest BCUT2D eigenvalue weighted by Gasteiger charge is -2.36. The smallest absolute Gasteiger partial charge is 0.407 e. The third-order valence-corrected chi connectivity index (χ3v) is 7.26. The Morgan fingerprint density at radius 1 is 1.06 bits per heavy atom. The van der Waals surface area contributed by atoms with Crippen LogP contribution in [-0.4, -0.2) is 54.2 Å². The van der Waals surface area contributed by atoms with Crippen LogP contribution in [0.15, 0.2) is 48.5 Å². The molecule has 186 valence electrons. The fourth-order valence-electron chi connectivity index (χ4n) is 5.28. The van der Waals surface area contributed by atoms with Crippen molar-refractivity contribution in [2.75, 3.05) is 26.2 Å². The summed E-state index contributed by atoms with van der Waals surface area (Å²) in [6, 6.07) is 16.4. The Morgan fingerprint density at radius 3 is 2.23 bits per heavy atom. The summed E-state index contributed by atoms with van der Waals surface area (Å²) in [5.74, 6) is -1.29. The number of hydrogen-bond acceptors (Lipinski definition) is 4. The van der Waals surface area contributed by atoms with Crippen molar-refractivity contribution in [1.82, 2.24) is 10.2 Å². The third kappa shape index (κ3) is 5.50. The number of carbonyl (C=O) groups excluding carboxylic acids is 2. The molecule has 0 bridgehead atoms. The molecule has 0 radical (unpaired) electrons. The molecule has 7 nitrogen and oxygen atoms in total. The van der Waals surface area contributed by atoms with Gasteiger partial charge in [0.05, 0.1) is 5.92 Å². The number of carboxylic acids is 1. The highest BCUT2D eigenvalue weighted by Gasteiger charge is 2.35. The Labute approximate surface area is 206 Å². The summed E-state index contributed by atoms with van der Waals surface area (Å²) < 4.78 is 5.60. The predicted octanol–water partition coefficient (Wildman–Crippen LogP) is 4.51. The summed E-state index contributed by atoms with van der Waals surface area (Å²) in [7, 11) is 0. The summed E-state index contributed by atoms with van der Waals surface area (Å²) in [4.78, 5) is 38.4. The van der Waals surface area contributed by atoms with Gasteiger partial charge in [0.15, 0.2) is 0 Å². The molecule has 2 atom stereocenters. The second kappa shape index (κ2) is 10.1. The molecule has 2 aromatic carbocycles. The fraction of sp³-hybridized carbons (Fsp3) is 0.464. The lowest BCUT2D eigenvalue weighted by molar-refractivity contribution is -0.148. The van der Waals surface area contributed by atoms with Gasteiger partial charge in [-0.1, -0.05) is 69.3 Å². The minimum atomic E-state index is -0.794. The molecule has 2 aromatic rings. The van der Waals surface area contributed by atoms with E-state index in [0.717, 1.165) is 11.1 Å². The number of aliphatic carboxylic acids is 1. The maximum Gasteiger partial charge on any atom is 0.407 e. The van der Waals surface area contributed by atoms with E-state index in [1.54, 1.807) is 4.90 Å². The first kappa shape index (κ1) is 24.8. The Bertz CT molecular complexity index is 1070. The monoisotopic (exact) mass is 478 g/mol. The summed E-state index contributed by atoms with van der Waals surface area (Å²) in [5.41, 5.74) is 4.22. The van der Waals surface area contributed by atoms with E-state index in [9.17, 15) is 19.5 Å². The maximum absolute atomic E-state index is 12.8. The molecule has 1 aliphatic carbocycles. The highest BCUT2D eigenvalue weighted by molar-refractivity contribution is 5.79. The van der Waals surface area contributed by atoms with Gasteiger partial charge in [-0.3, -0.25) is 9.59 Å². The highest BCUT2D eigenvalue weighted by Crippen LogP contribution is 2.44. The van der Waals surface area contributed by atoms with Crippen molar-refractivity contribution in [2.24, 2.45) is 17.3 Å². The maximum atomic E-state index is 12.8. The normalized spacial score (nSPS) is 19.6. The number of benzene rings is 2. The van der Waals surface area contributed by atoms with Gasteiger partial charge >= 0.3 is 12.1 Å². The van der Waals surface area contributed by atoms with Gasteiger partial charge in [-0.2, -0.15) is 0 Å². The van der Waals surface area contributed by atoms with Crippen molar-refractivity contribution in [3.63, 3.8) is 0 Å². The minimum Gasteiger partial charge on any atom is -0.481 e. The SMILES string of the molecule is CC1CN(C(=O)CC(C)(C)CNC(=O)OCC2c3ccccc3-c3ccccc32)CCC1C(=O)O. The van der Waals surface area contributed by atoms with Gasteiger partial charge in [-0.15, -0.1) is 0 Å². The first-order chi connectivity index (χ1) is 16.7. The standard InChI is InChI=1S/C28H34N2O5/c1-18-15-30(13-12-19(18)26(32)33)25(31)14-28(2,3)17-29-27(34)35-16-24-22-10-6-4-8-20(22)21-9-5-7-11-23(21)24/h4-11,18-19,24H,12-17H2,1-3H3,(H,29,34)(H,32,33). The number of fused-ring (bicyclic) bond motifs is 3. The molecule has 2 aliphatic rings. The zero-order valence-electron chi connectivity index (χ0n) is 20.6. The number of carbonyl (C=O) groups is 3. The van der Waals surface area contributed by atoms with Crippen LogP contribution in [0.2, 0.25) is 0 Å². The van der Waals surface area contributed by atoms with Crippen LogP contribution in [0.1, 0.15) is 50.7 Å². The third-order valence-electron chi connectivity index (χ3n) is 7.26. The van der Waals surface area contributed by atoms with Gasteiger partial charge in [0.25, 0.3) is 0 Å². The van der Waals surface area contributed by atoms with Crippen LogP contribution in [0.5, 0.6) is 0 Å². The molecule has 0 saturated carbocycles. The average molecular weight is 479 g/mol. The van der Waals surface area contributed by atoms with Crippen LogP contribution in [0.25, 0.3) is 11.1 Å². The predicted molar refractivity (Wildman–Crippen MR) is 133 cm³/mol. The zero-order chi connectivity index (χ0) is 25.2. The average Bonchev–Trinajstić information content (AvgIpc) is 3.14. The van der Waals surface area contributed by atoms with Crippen molar-refractivity contribution in [1.29, 1.82) is 0 Å². The summed E-state index contributed by atoms with van der Waals surface area (Å²) in [6.07, 6.45) is 0.241. The molecule has 35 heavy (non-hydrogen) atoms. The number of rotatable bonds is 7. The van der Waals surface area contributed by atoms with E-state index in [2.05, 4.69) is 29.6 Å². The number of hydrogen-bond donors (Lipinski definition) is 2. The fourth-order valence-corrected chi connectivity index (χ4v) is 5.28. The van der Waals surface area contributed by atoms with Crippen molar-refractivity contribution in [3.8, 4) is 11.1 Å². The Balaban J connectivity index is 1.27. The molecule has 1 aliphatic heterocycles. The van der Waals surface area contributed by atoms with Crippen LogP contribution in [-0.2, 0) is 14.3 Å². The van der Waals surface area contributed by atoms with Crippen LogP contribution in [0.3, 0.4) is 0 Å².